The minimum atomic E-state index is 0.537. The van der Waals surface area contributed by atoms with E-state index in [9.17, 15) is 0 Å². The number of aromatic nitrogens is 4. The lowest BCUT2D eigenvalue weighted by atomic mass is 10.1. The van der Waals surface area contributed by atoms with E-state index in [1.807, 2.05) is 49.4 Å². The van der Waals surface area contributed by atoms with E-state index in [2.05, 4.69) is 25.3 Å². The highest BCUT2D eigenvalue weighted by Gasteiger charge is 2.13. The van der Waals surface area contributed by atoms with Gasteiger partial charge >= 0.3 is 0 Å². The maximum Gasteiger partial charge on any atom is 0.227 e. The van der Waals surface area contributed by atoms with Gasteiger partial charge in [-0.05, 0) is 49.4 Å². The molecule has 3 aromatic heterocycles. The lowest BCUT2D eigenvalue weighted by Gasteiger charge is -2.07. The molecule has 0 unspecified atom stereocenters. The largest absolute Gasteiger partial charge is 0.399 e. The molecule has 24 heavy (non-hydrogen) atoms. The monoisotopic (exact) mass is 316 g/mol. The van der Waals surface area contributed by atoms with Crippen LogP contribution in [0.5, 0.6) is 0 Å². The summed E-state index contributed by atoms with van der Waals surface area (Å²) in [5.41, 5.74) is 11.1. The number of nitrogens with one attached hydrogen (secondary N) is 2. The van der Waals surface area contributed by atoms with Crippen molar-refractivity contribution in [1.29, 1.82) is 0 Å². The summed E-state index contributed by atoms with van der Waals surface area (Å²) in [7, 11) is 0. The molecular weight excluding hydrogens is 300 g/mol. The van der Waals surface area contributed by atoms with Crippen molar-refractivity contribution >= 4 is 28.4 Å². The number of H-pyrrole nitrogens is 1. The van der Waals surface area contributed by atoms with Crippen molar-refractivity contribution in [3.8, 4) is 11.3 Å². The highest BCUT2D eigenvalue weighted by molar-refractivity contribution is 5.94. The van der Waals surface area contributed by atoms with Crippen LogP contribution in [0.4, 0.5) is 17.3 Å². The first-order valence-corrected chi connectivity index (χ1v) is 7.60. The third kappa shape index (κ3) is 2.54. The van der Waals surface area contributed by atoms with Gasteiger partial charge in [0, 0.05) is 40.4 Å². The molecule has 0 spiro atoms. The summed E-state index contributed by atoms with van der Waals surface area (Å²) < 4.78 is 0. The second-order valence-corrected chi connectivity index (χ2v) is 5.54. The average Bonchev–Trinajstić information content (AvgIpc) is 2.93. The third-order valence-corrected chi connectivity index (χ3v) is 3.84. The Bertz CT molecular complexity index is 1000. The van der Waals surface area contributed by atoms with Crippen molar-refractivity contribution < 1.29 is 0 Å². The van der Waals surface area contributed by atoms with Crippen LogP contribution in [0, 0.1) is 6.92 Å². The predicted molar refractivity (Wildman–Crippen MR) is 96.0 cm³/mol. The number of nitrogens with two attached hydrogens (primary N) is 1. The molecule has 0 saturated heterocycles. The van der Waals surface area contributed by atoms with Gasteiger partial charge in [0.05, 0.1) is 5.69 Å². The van der Waals surface area contributed by atoms with Gasteiger partial charge in [0.25, 0.3) is 0 Å². The van der Waals surface area contributed by atoms with E-state index >= 15 is 0 Å². The van der Waals surface area contributed by atoms with Crippen LogP contribution in [0.2, 0.25) is 0 Å². The number of pyridine rings is 1. The normalized spacial score (nSPS) is 10.9. The maximum atomic E-state index is 5.71. The van der Waals surface area contributed by atoms with E-state index in [4.69, 9.17) is 5.73 Å². The highest BCUT2D eigenvalue weighted by Crippen LogP contribution is 2.30. The molecule has 0 atom stereocenters. The number of hydrogen-bond acceptors (Lipinski definition) is 5. The number of anilines is 3. The van der Waals surface area contributed by atoms with Crippen LogP contribution in [-0.2, 0) is 0 Å². The zero-order valence-corrected chi connectivity index (χ0v) is 13.1. The molecule has 4 aromatic rings. The van der Waals surface area contributed by atoms with Crippen molar-refractivity contribution in [3.05, 3.63) is 60.6 Å². The molecule has 3 heterocycles. The fraction of sp³-hybridized carbons (Fsp3) is 0.0556. The lowest BCUT2D eigenvalue weighted by Crippen LogP contribution is -1.98. The summed E-state index contributed by atoms with van der Waals surface area (Å²) in [5, 5.41) is 4.25. The Labute approximate surface area is 138 Å². The first kappa shape index (κ1) is 14.2. The van der Waals surface area contributed by atoms with Gasteiger partial charge < -0.3 is 16.0 Å². The number of nitrogen functional groups attached to an aromatic ring is 1. The SMILES string of the molecule is Cc1[nH]c2ncccc2c1-c1ccnc(Nc2ccc(N)cc2)n1. The molecule has 4 rings (SSSR count). The fourth-order valence-corrected chi connectivity index (χ4v) is 2.73. The summed E-state index contributed by atoms with van der Waals surface area (Å²) in [6, 6.07) is 13.3. The Balaban J connectivity index is 1.74. The topological polar surface area (TPSA) is 92.5 Å². The molecule has 118 valence electrons. The van der Waals surface area contributed by atoms with E-state index in [1.165, 1.54) is 0 Å². The van der Waals surface area contributed by atoms with Crippen LogP contribution in [-0.4, -0.2) is 19.9 Å². The van der Waals surface area contributed by atoms with Gasteiger partial charge in [0.15, 0.2) is 0 Å². The number of nitrogens with zero attached hydrogens (tertiary/aromatic N) is 3. The minimum absolute atomic E-state index is 0.537. The van der Waals surface area contributed by atoms with Gasteiger partial charge in [-0.25, -0.2) is 15.0 Å². The Kier molecular flexibility index (Phi) is 3.35. The van der Waals surface area contributed by atoms with Crippen molar-refractivity contribution in [3.63, 3.8) is 0 Å². The standard InChI is InChI=1S/C18H16N6/c1-11-16(14-3-2-9-20-17(14)22-11)15-8-10-21-18(24-15)23-13-6-4-12(19)5-7-13/h2-10H,19H2,1H3,(H,20,22)(H,21,23,24). The van der Waals surface area contributed by atoms with Crippen LogP contribution in [0.1, 0.15) is 5.69 Å². The molecule has 0 fully saturated rings. The van der Waals surface area contributed by atoms with Crippen LogP contribution < -0.4 is 11.1 Å². The first-order valence-electron chi connectivity index (χ1n) is 7.60. The molecule has 6 nitrogen and oxygen atoms in total. The predicted octanol–water partition coefficient (Wildman–Crippen LogP) is 3.65. The van der Waals surface area contributed by atoms with E-state index in [1.54, 1.807) is 12.4 Å². The van der Waals surface area contributed by atoms with E-state index in [0.717, 1.165) is 39.4 Å². The summed E-state index contributed by atoms with van der Waals surface area (Å²) in [6.07, 6.45) is 3.52. The zero-order chi connectivity index (χ0) is 16.5. The molecule has 0 saturated carbocycles. The fourth-order valence-electron chi connectivity index (χ4n) is 2.73. The number of fused-ring (bicyclic) bond motifs is 1. The van der Waals surface area contributed by atoms with Crippen molar-refractivity contribution in [2.24, 2.45) is 0 Å². The quantitative estimate of drug-likeness (QED) is 0.502. The Hall–Kier alpha value is -3.41. The summed E-state index contributed by atoms with van der Waals surface area (Å²) >= 11 is 0. The van der Waals surface area contributed by atoms with Crippen molar-refractivity contribution in [1.82, 2.24) is 19.9 Å². The first-order chi connectivity index (χ1) is 11.7. The third-order valence-electron chi connectivity index (χ3n) is 3.84. The van der Waals surface area contributed by atoms with Crippen LogP contribution >= 0.6 is 0 Å². The molecule has 0 amide bonds. The molecule has 1 aromatic carbocycles. The molecule has 0 bridgehead atoms. The number of benzene rings is 1. The number of aromatic amines is 1. The molecule has 6 heteroatoms. The Morgan fingerprint density at radius 1 is 1.00 bits per heavy atom. The lowest BCUT2D eigenvalue weighted by molar-refractivity contribution is 1.16. The average molecular weight is 316 g/mol. The Morgan fingerprint density at radius 3 is 2.67 bits per heavy atom. The van der Waals surface area contributed by atoms with Crippen LogP contribution in [0.25, 0.3) is 22.3 Å². The van der Waals surface area contributed by atoms with E-state index in [-0.39, 0.29) is 0 Å². The molecule has 0 radical (unpaired) electrons. The molecule has 0 aliphatic heterocycles. The zero-order valence-electron chi connectivity index (χ0n) is 13.1. The summed E-state index contributed by atoms with van der Waals surface area (Å²) in [5.74, 6) is 0.537. The van der Waals surface area contributed by atoms with Gasteiger partial charge in [-0.1, -0.05) is 0 Å². The van der Waals surface area contributed by atoms with Crippen LogP contribution in [0.3, 0.4) is 0 Å². The molecule has 0 aliphatic rings. The van der Waals surface area contributed by atoms with E-state index in [0.29, 0.717) is 5.95 Å². The molecule has 0 aliphatic carbocycles. The second-order valence-electron chi connectivity index (χ2n) is 5.54. The van der Waals surface area contributed by atoms with Crippen molar-refractivity contribution in [2.45, 2.75) is 6.92 Å². The summed E-state index contributed by atoms with van der Waals surface area (Å²) in [4.78, 5) is 16.6. The van der Waals surface area contributed by atoms with Gasteiger partial charge in [-0.3, -0.25) is 0 Å². The number of hydrogen-bond donors (Lipinski definition) is 3. The summed E-state index contributed by atoms with van der Waals surface area (Å²) in [6.45, 7) is 2.02. The second kappa shape index (κ2) is 5.66. The van der Waals surface area contributed by atoms with Gasteiger partial charge in [0.1, 0.15) is 5.65 Å². The molecular formula is C18H16N6. The highest BCUT2D eigenvalue weighted by atomic mass is 15.1. The van der Waals surface area contributed by atoms with Crippen LogP contribution in [0.15, 0.2) is 54.9 Å². The minimum Gasteiger partial charge on any atom is -0.399 e. The van der Waals surface area contributed by atoms with E-state index < -0.39 is 0 Å². The molecule has 4 N–H and O–H groups in total. The van der Waals surface area contributed by atoms with Gasteiger partial charge in [-0.2, -0.15) is 0 Å². The number of rotatable bonds is 3. The van der Waals surface area contributed by atoms with Gasteiger partial charge in [0.2, 0.25) is 5.95 Å². The maximum absolute atomic E-state index is 5.71. The smallest absolute Gasteiger partial charge is 0.227 e. The van der Waals surface area contributed by atoms with Gasteiger partial charge in [-0.15, -0.1) is 0 Å². The Morgan fingerprint density at radius 2 is 1.83 bits per heavy atom. The number of aryl methyl sites for hydroxylation is 1. The van der Waals surface area contributed by atoms with Crippen molar-refractivity contribution in [2.75, 3.05) is 11.1 Å².